The van der Waals surface area contributed by atoms with Crippen LogP contribution in [0.15, 0.2) is 42.5 Å². The summed E-state index contributed by atoms with van der Waals surface area (Å²) in [6, 6.07) is 12.7. The van der Waals surface area contributed by atoms with E-state index in [0.717, 1.165) is 5.56 Å². The van der Waals surface area contributed by atoms with Gasteiger partial charge in [0.15, 0.2) is 5.82 Å². The highest BCUT2D eigenvalue weighted by molar-refractivity contribution is 6.32. The van der Waals surface area contributed by atoms with E-state index in [2.05, 4.69) is 20.6 Å². The van der Waals surface area contributed by atoms with Gasteiger partial charge in [-0.2, -0.15) is 5.21 Å². The van der Waals surface area contributed by atoms with E-state index in [1.165, 1.54) is 0 Å². The summed E-state index contributed by atoms with van der Waals surface area (Å²) in [5.74, 6) is 1.77. The summed E-state index contributed by atoms with van der Waals surface area (Å²) in [6.07, 6.45) is 0.510. The summed E-state index contributed by atoms with van der Waals surface area (Å²) in [4.78, 5) is 0. The number of H-pyrrole nitrogens is 1. The molecule has 1 heterocycles. The lowest BCUT2D eigenvalue weighted by Gasteiger charge is -2.09. The monoisotopic (exact) mass is 320 g/mol. The van der Waals surface area contributed by atoms with E-state index in [1.807, 2.05) is 24.3 Å². The molecule has 2 aromatic carbocycles. The van der Waals surface area contributed by atoms with Gasteiger partial charge in [-0.15, -0.1) is 10.2 Å². The van der Waals surface area contributed by atoms with Crippen LogP contribution in [0.1, 0.15) is 11.4 Å². The molecular weight excluding hydrogens is 311 g/mol. The molecule has 0 amide bonds. The van der Waals surface area contributed by atoms with Crippen molar-refractivity contribution < 1.29 is 4.74 Å². The molecular formula is C14H10Cl2N4O. The second-order valence-corrected chi connectivity index (χ2v) is 5.18. The zero-order valence-electron chi connectivity index (χ0n) is 10.8. The zero-order chi connectivity index (χ0) is 14.7. The SMILES string of the molecule is Clc1cc(Cc2nn[nH]n2)cc(Oc2ccccc2Cl)c1. The predicted octanol–water partition coefficient (Wildman–Crippen LogP) is 3.89. The molecule has 21 heavy (non-hydrogen) atoms. The number of hydrogen-bond acceptors (Lipinski definition) is 4. The van der Waals surface area contributed by atoms with Crippen LogP contribution in [-0.2, 0) is 6.42 Å². The van der Waals surface area contributed by atoms with Gasteiger partial charge in [-0.3, -0.25) is 0 Å². The predicted molar refractivity (Wildman–Crippen MR) is 80.0 cm³/mol. The molecule has 1 aromatic heterocycles. The number of tetrazole rings is 1. The van der Waals surface area contributed by atoms with Gasteiger partial charge in [-0.1, -0.05) is 40.5 Å². The highest BCUT2D eigenvalue weighted by atomic mass is 35.5. The van der Waals surface area contributed by atoms with E-state index in [1.54, 1.807) is 18.2 Å². The van der Waals surface area contributed by atoms with Gasteiger partial charge >= 0.3 is 0 Å². The average Bonchev–Trinajstić information content (AvgIpc) is 2.93. The molecule has 0 aliphatic carbocycles. The van der Waals surface area contributed by atoms with Gasteiger partial charge in [0.05, 0.1) is 5.02 Å². The molecule has 0 radical (unpaired) electrons. The molecule has 1 N–H and O–H groups in total. The van der Waals surface area contributed by atoms with Gasteiger partial charge in [-0.05, 0) is 35.9 Å². The molecule has 0 aliphatic rings. The van der Waals surface area contributed by atoms with Crippen molar-refractivity contribution in [1.82, 2.24) is 20.6 Å². The Bertz CT molecular complexity index is 746. The second kappa shape index (κ2) is 6.11. The number of nitrogens with zero attached hydrogens (tertiary/aromatic N) is 3. The second-order valence-electron chi connectivity index (χ2n) is 4.33. The van der Waals surface area contributed by atoms with Crippen molar-refractivity contribution in [2.45, 2.75) is 6.42 Å². The highest BCUT2D eigenvalue weighted by Crippen LogP contribution is 2.31. The van der Waals surface area contributed by atoms with Gasteiger partial charge in [0.1, 0.15) is 11.5 Å². The summed E-state index contributed by atoms with van der Waals surface area (Å²) in [6.45, 7) is 0. The van der Waals surface area contributed by atoms with Crippen molar-refractivity contribution in [3.05, 3.63) is 63.9 Å². The lowest BCUT2D eigenvalue weighted by Crippen LogP contribution is -1.93. The maximum atomic E-state index is 6.12. The quantitative estimate of drug-likeness (QED) is 0.792. The number of nitrogens with one attached hydrogen (secondary N) is 1. The molecule has 5 nitrogen and oxygen atoms in total. The number of aromatic amines is 1. The van der Waals surface area contributed by atoms with Crippen molar-refractivity contribution >= 4 is 23.2 Å². The summed E-state index contributed by atoms with van der Waals surface area (Å²) in [5.41, 5.74) is 0.922. The fourth-order valence-electron chi connectivity index (χ4n) is 1.88. The van der Waals surface area contributed by atoms with Crippen molar-refractivity contribution in [2.24, 2.45) is 0 Å². The Hall–Kier alpha value is -2.11. The van der Waals surface area contributed by atoms with Crippen LogP contribution in [0, 0.1) is 0 Å². The molecule has 0 aliphatic heterocycles. The van der Waals surface area contributed by atoms with Crippen molar-refractivity contribution in [1.29, 1.82) is 0 Å². The lowest BCUT2D eigenvalue weighted by atomic mass is 10.1. The van der Waals surface area contributed by atoms with Crippen LogP contribution in [0.5, 0.6) is 11.5 Å². The fourth-order valence-corrected chi connectivity index (χ4v) is 2.30. The Morgan fingerprint density at radius 1 is 1.10 bits per heavy atom. The van der Waals surface area contributed by atoms with E-state index in [-0.39, 0.29) is 0 Å². The number of halogens is 2. The van der Waals surface area contributed by atoms with E-state index in [4.69, 9.17) is 27.9 Å². The Balaban J connectivity index is 1.86. The first-order valence-electron chi connectivity index (χ1n) is 6.15. The summed E-state index contributed by atoms with van der Waals surface area (Å²) < 4.78 is 5.77. The Labute approximate surface area is 130 Å². The number of aromatic nitrogens is 4. The first kappa shape index (κ1) is 13.9. The van der Waals surface area contributed by atoms with Gasteiger partial charge in [0, 0.05) is 11.4 Å². The maximum absolute atomic E-state index is 6.12. The minimum Gasteiger partial charge on any atom is -0.456 e. The van der Waals surface area contributed by atoms with E-state index in [9.17, 15) is 0 Å². The highest BCUT2D eigenvalue weighted by Gasteiger charge is 2.07. The third-order valence-electron chi connectivity index (χ3n) is 2.75. The number of para-hydroxylation sites is 1. The Morgan fingerprint density at radius 3 is 2.71 bits per heavy atom. The Morgan fingerprint density at radius 2 is 1.95 bits per heavy atom. The first-order chi connectivity index (χ1) is 10.2. The van der Waals surface area contributed by atoms with E-state index in [0.29, 0.717) is 33.8 Å². The van der Waals surface area contributed by atoms with Crippen LogP contribution in [0.2, 0.25) is 10.0 Å². The first-order valence-corrected chi connectivity index (χ1v) is 6.90. The molecule has 106 valence electrons. The van der Waals surface area contributed by atoms with Crippen LogP contribution in [0.4, 0.5) is 0 Å². The number of benzene rings is 2. The lowest BCUT2D eigenvalue weighted by molar-refractivity contribution is 0.482. The average molecular weight is 321 g/mol. The molecule has 7 heteroatoms. The third-order valence-corrected chi connectivity index (χ3v) is 3.28. The number of rotatable bonds is 4. The molecule has 3 aromatic rings. The van der Waals surface area contributed by atoms with Gasteiger partial charge < -0.3 is 4.74 Å². The summed E-state index contributed by atoms with van der Waals surface area (Å²) in [5, 5.41) is 14.9. The molecule has 0 spiro atoms. The summed E-state index contributed by atoms with van der Waals surface area (Å²) >= 11 is 12.2. The number of hydrogen-bond donors (Lipinski definition) is 1. The van der Waals surface area contributed by atoms with Gasteiger partial charge in [0.25, 0.3) is 0 Å². The van der Waals surface area contributed by atoms with E-state index >= 15 is 0 Å². The normalized spacial score (nSPS) is 10.6. The maximum Gasteiger partial charge on any atom is 0.178 e. The smallest absolute Gasteiger partial charge is 0.178 e. The molecule has 0 fully saturated rings. The minimum atomic E-state index is 0.510. The largest absolute Gasteiger partial charge is 0.456 e. The zero-order valence-corrected chi connectivity index (χ0v) is 12.3. The van der Waals surface area contributed by atoms with Crippen molar-refractivity contribution in [3.63, 3.8) is 0 Å². The van der Waals surface area contributed by atoms with E-state index < -0.39 is 0 Å². The fraction of sp³-hybridized carbons (Fsp3) is 0.0714. The molecule has 3 rings (SSSR count). The molecule has 0 bridgehead atoms. The van der Waals surface area contributed by atoms with Crippen LogP contribution in [0.25, 0.3) is 0 Å². The van der Waals surface area contributed by atoms with Crippen LogP contribution in [-0.4, -0.2) is 20.6 Å². The number of ether oxygens (including phenoxy) is 1. The molecule has 0 saturated carbocycles. The van der Waals surface area contributed by atoms with Crippen LogP contribution < -0.4 is 4.74 Å². The minimum absolute atomic E-state index is 0.510. The standard InChI is InChI=1S/C14H10Cl2N4O/c15-10-5-9(7-14-17-19-20-18-14)6-11(8-10)21-13-4-2-1-3-12(13)16/h1-6,8H,7H2,(H,17,18,19,20). The van der Waals surface area contributed by atoms with Gasteiger partial charge in [0.2, 0.25) is 0 Å². The van der Waals surface area contributed by atoms with Crippen molar-refractivity contribution in [2.75, 3.05) is 0 Å². The summed E-state index contributed by atoms with van der Waals surface area (Å²) in [7, 11) is 0. The van der Waals surface area contributed by atoms with Gasteiger partial charge in [-0.25, -0.2) is 0 Å². The Kier molecular flexibility index (Phi) is 4.03. The van der Waals surface area contributed by atoms with Crippen molar-refractivity contribution in [3.8, 4) is 11.5 Å². The molecule has 0 atom stereocenters. The van der Waals surface area contributed by atoms with Crippen LogP contribution in [0.3, 0.4) is 0 Å². The molecule has 0 unspecified atom stereocenters. The topological polar surface area (TPSA) is 63.7 Å². The molecule has 0 saturated heterocycles. The van der Waals surface area contributed by atoms with Crippen LogP contribution >= 0.6 is 23.2 Å². The third kappa shape index (κ3) is 3.51.